The van der Waals surface area contributed by atoms with Crippen molar-refractivity contribution in [1.82, 2.24) is 14.5 Å². The standard InChI is InChI=1S/C26H26N4O6S2/c1-3-35-24(33)15-9-10-17-18(11-15)37-26(28-17)29-19(31)12-30-13-27-22-20(23(30)32)14(2)21(38-22)25(34)36-16-7-5-4-6-8-16/h9-11,13,16H,3-8,12H2,1-2H3,(H,28,29,31). The highest BCUT2D eigenvalue weighted by Gasteiger charge is 2.24. The van der Waals surface area contributed by atoms with Crippen LogP contribution in [0.2, 0.25) is 0 Å². The molecule has 4 aromatic rings. The van der Waals surface area contributed by atoms with Crippen LogP contribution in [0.4, 0.5) is 5.13 Å². The minimum Gasteiger partial charge on any atom is -0.462 e. The molecule has 3 aromatic heterocycles. The Labute approximate surface area is 225 Å². The number of anilines is 1. The third kappa shape index (κ3) is 5.32. The Morgan fingerprint density at radius 1 is 1.13 bits per heavy atom. The van der Waals surface area contributed by atoms with Crippen molar-refractivity contribution in [3.8, 4) is 0 Å². The average Bonchev–Trinajstić information content (AvgIpc) is 3.46. The number of thiophene rings is 1. The van der Waals surface area contributed by atoms with Crippen molar-refractivity contribution in [2.75, 3.05) is 11.9 Å². The number of benzene rings is 1. The summed E-state index contributed by atoms with van der Waals surface area (Å²) in [6.45, 7) is 3.44. The zero-order chi connectivity index (χ0) is 26.8. The van der Waals surface area contributed by atoms with Gasteiger partial charge in [-0.05, 0) is 63.3 Å². The third-order valence-corrected chi connectivity index (χ3v) is 8.50. The smallest absolute Gasteiger partial charge is 0.348 e. The summed E-state index contributed by atoms with van der Waals surface area (Å²) in [5.41, 5.74) is 1.14. The number of aromatic nitrogens is 3. The number of nitrogens with one attached hydrogen (secondary N) is 1. The van der Waals surface area contributed by atoms with Gasteiger partial charge >= 0.3 is 11.9 Å². The second-order valence-electron chi connectivity index (χ2n) is 9.05. The van der Waals surface area contributed by atoms with Gasteiger partial charge in [-0.25, -0.2) is 19.6 Å². The Morgan fingerprint density at radius 3 is 2.68 bits per heavy atom. The zero-order valence-electron chi connectivity index (χ0n) is 20.9. The van der Waals surface area contributed by atoms with Crippen LogP contribution in [0.25, 0.3) is 20.4 Å². The van der Waals surface area contributed by atoms with E-state index in [1.165, 1.54) is 22.2 Å². The molecule has 0 atom stereocenters. The van der Waals surface area contributed by atoms with Crippen LogP contribution in [0.15, 0.2) is 29.3 Å². The molecule has 38 heavy (non-hydrogen) atoms. The molecular weight excluding hydrogens is 528 g/mol. The summed E-state index contributed by atoms with van der Waals surface area (Å²) >= 11 is 2.34. The molecule has 12 heteroatoms. The lowest BCUT2D eigenvalue weighted by atomic mass is 9.98. The van der Waals surface area contributed by atoms with Crippen molar-refractivity contribution in [3.05, 3.63) is 50.9 Å². The lowest BCUT2D eigenvalue weighted by Crippen LogP contribution is -2.27. The molecule has 0 aliphatic heterocycles. The Hall–Kier alpha value is -3.64. The summed E-state index contributed by atoms with van der Waals surface area (Å²) in [6, 6.07) is 4.97. The number of nitrogens with zero attached hydrogens (tertiary/aromatic N) is 3. The number of carbonyl (C=O) groups excluding carboxylic acids is 3. The Bertz CT molecular complexity index is 1600. The molecule has 0 radical (unpaired) electrons. The lowest BCUT2D eigenvalue weighted by Gasteiger charge is -2.21. The van der Waals surface area contributed by atoms with Gasteiger partial charge in [0.2, 0.25) is 5.91 Å². The van der Waals surface area contributed by atoms with Crippen LogP contribution in [0.3, 0.4) is 0 Å². The second-order valence-corrected chi connectivity index (χ2v) is 11.1. The van der Waals surface area contributed by atoms with Gasteiger partial charge in [-0.1, -0.05) is 17.8 Å². The van der Waals surface area contributed by atoms with Crippen LogP contribution in [0, 0.1) is 6.92 Å². The Morgan fingerprint density at radius 2 is 1.92 bits per heavy atom. The quantitative estimate of drug-likeness (QED) is 0.326. The molecule has 1 fully saturated rings. The Balaban J connectivity index is 1.31. The van der Waals surface area contributed by atoms with Gasteiger partial charge in [0.1, 0.15) is 22.4 Å². The first-order valence-corrected chi connectivity index (χ1v) is 14.0. The summed E-state index contributed by atoms with van der Waals surface area (Å²) in [6.07, 6.45) is 6.18. The molecule has 10 nitrogen and oxygen atoms in total. The number of carbonyl (C=O) groups is 3. The van der Waals surface area contributed by atoms with Crippen molar-refractivity contribution in [2.24, 2.45) is 0 Å². The summed E-state index contributed by atoms with van der Waals surface area (Å²) in [5.74, 6) is -1.31. The molecule has 1 aliphatic rings. The SMILES string of the molecule is CCOC(=O)c1ccc2nc(NC(=O)Cn3cnc4sc(C(=O)OC5CCCCC5)c(C)c4c3=O)sc2c1. The fraction of sp³-hybridized carbons (Fsp3) is 0.385. The number of hydrogen-bond donors (Lipinski definition) is 1. The summed E-state index contributed by atoms with van der Waals surface area (Å²) in [5, 5.41) is 3.36. The number of ether oxygens (including phenoxy) is 2. The predicted octanol–water partition coefficient (Wildman–Crippen LogP) is 4.68. The van der Waals surface area contributed by atoms with Crippen LogP contribution in [0.1, 0.15) is 64.6 Å². The van der Waals surface area contributed by atoms with Crippen LogP contribution in [-0.4, -0.2) is 45.1 Å². The third-order valence-electron chi connectivity index (χ3n) is 6.39. The average molecular weight is 555 g/mol. The molecule has 1 aliphatic carbocycles. The predicted molar refractivity (Wildman–Crippen MR) is 145 cm³/mol. The fourth-order valence-electron chi connectivity index (χ4n) is 4.49. The highest BCUT2D eigenvalue weighted by Crippen LogP contribution is 2.30. The van der Waals surface area contributed by atoms with E-state index in [0.29, 0.717) is 41.6 Å². The minimum atomic E-state index is -0.456. The van der Waals surface area contributed by atoms with E-state index in [1.807, 2.05) is 0 Å². The summed E-state index contributed by atoms with van der Waals surface area (Å²) in [4.78, 5) is 60.2. The maximum Gasteiger partial charge on any atom is 0.348 e. The van der Waals surface area contributed by atoms with Gasteiger partial charge in [0.25, 0.3) is 5.56 Å². The molecule has 0 bridgehead atoms. The van der Waals surface area contributed by atoms with Gasteiger partial charge in [0.05, 0.1) is 34.1 Å². The number of hydrogen-bond acceptors (Lipinski definition) is 10. The highest BCUT2D eigenvalue weighted by molar-refractivity contribution is 7.22. The molecule has 5 rings (SSSR count). The molecule has 198 valence electrons. The number of fused-ring (bicyclic) bond motifs is 2. The van der Waals surface area contributed by atoms with Crippen LogP contribution in [0.5, 0.6) is 0 Å². The van der Waals surface area contributed by atoms with Crippen molar-refractivity contribution in [1.29, 1.82) is 0 Å². The molecule has 1 N–H and O–H groups in total. The van der Waals surface area contributed by atoms with Crippen molar-refractivity contribution in [3.63, 3.8) is 0 Å². The second kappa shape index (κ2) is 11.0. The topological polar surface area (TPSA) is 129 Å². The van der Waals surface area contributed by atoms with E-state index >= 15 is 0 Å². The molecular formula is C26H26N4O6S2. The first-order chi connectivity index (χ1) is 18.3. The van der Waals surface area contributed by atoms with Crippen molar-refractivity contribution < 1.29 is 23.9 Å². The molecule has 0 unspecified atom stereocenters. The lowest BCUT2D eigenvalue weighted by molar-refractivity contribution is -0.116. The van der Waals surface area contributed by atoms with E-state index in [1.54, 1.807) is 32.0 Å². The normalized spacial score (nSPS) is 14.1. The van der Waals surface area contributed by atoms with Gasteiger partial charge in [-0.3, -0.25) is 14.2 Å². The van der Waals surface area contributed by atoms with E-state index in [9.17, 15) is 19.2 Å². The summed E-state index contributed by atoms with van der Waals surface area (Å²) < 4.78 is 12.6. The monoisotopic (exact) mass is 554 g/mol. The fourth-order valence-corrected chi connectivity index (χ4v) is 6.43. The number of aryl methyl sites for hydroxylation is 1. The largest absolute Gasteiger partial charge is 0.462 e. The maximum atomic E-state index is 13.2. The van der Waals surface area contributed by atoms with Gasteiger partial charge in [-0.15, -0.1) is 11.3 Å². The van der Waals surface area contributed by atoms with E-state index < -0.39 is 23.4 Å². The molecule has 1 amide bonds. The molecule has 1 aromatic carbocycles. The van der Waals surface area contributed by atoms with E-state index in [-0.39, 0.29) is 19.3 Å². The van der Waals surface area contributed by atoms with Gasteiger partial charge in [0, 0.05) is 0 Å². The van der Waals surface area contributed by atoms with E-state index in [0.717, 1.165) is 43.4 Å². The summed E-state index contributed by atoms with van der Waals surface area (Å²) in [7, 11) is 0. The van der Waals surface area contributed by atoms with E-state index in [2.05, 4.69) is 15.3 Å². The van der Waals surface area contributed by atoms with Gasteiger partial charge < -0.3 is 14.8 Å². The van der Waals surface area contributed by atoms with Gasteiger partial charge in [0.15, 0.2) is 5.13 Å². The molecule has 3 heterocycles. The first kappa shape index (κ1) is 26.0. The van der Waals surface area contributed by atoms with Gasteiger partial charge in [-0.2, -0.15) is 0 Å². The highest BCUT2D eigenvalue weighted by atomic mass is 32.1. The number of thiazole rings is 1. The molecule has 1 saturated carbocycles. The number of rotatable bonds is 7. The van der Waals surface area contributed by atoms with Crippen molar-refractivity contribution in [2.45, 2.75) is 58.6 Å². The molecule has 0 saturated heterocycles. The van der Waals surface area contributed by atoms with Crippen LogP contribution in [-0.2, 0) is 20.8 Å². The van der Waals surface area contributed by atoms with Crippen LogP contribution >= 0.6 is 22.7 Å². The minimum absolute atomic E-state index is 0.0894. The van der Waals surface area contributed by atoms with Crippen LogP contribution < -0.4 is 10.9 Å². The zero-order valence-corrected chi connectivity index (χ0v) is 22.6. The van der Waals surface area contributed by atoms with Crippen molar-refractivity contribution >= 4 is 66.1 Å². The molecule has 0 spiro atoms. The number of esters is 2. The first-order valence-electron chi connectivity index (χ1n) is 12.4. The maximum absolute atomic E-state index is 13.2. The Kier molecular flexibility index (Phi) is 7.52. The number of amides is 1. The van der Waals surface area contributed by atoms with E-state index in [4.69, 9.17) is 9.47 Å².